The Balaban J connectivity index is 0.00000218. The van der Waals surface area contributed by atoms with Crippen molar-refractivity contribution in [3.63, 3.8) is 0 Å². The topological polar surface area (TPSA) is 26.8 Å². The molecule has 2 aliphatic heterocycles. The highest BCUT2D eigenvalue weighted by Gasteiger charge is 2.30. The highest BCUT2D eigenvalue weighted by molar-refractivity contribution is 7.17. The highest BCUT2D eigenvalue weighted by Crippen LogP contribution is 2.38. The fourth-order valence-electron chi connectivity index (χ4n) is 4.85. The van der Waals surface area contributed by atoms with Gasteiger partial charge in [0.05, 0.1) is 0 Å². The van der Waals surface area contributed by atoms with Crippen LogP contribution in [0.1, 0.15) is 24.8 Å². The van der Waals surface area contributed by atoms with Crippen molar-refractivity contribution in [2.45, 2.75) is 19.3 Å². The number of fused-ring (bicyclic) bond motifs is 2. The van der Waals surface area contributed by atoms with Gasteiger partial charge in [-0.1, -0.05) is 24.3 Å². The minimum atomic E-state index is 0. The van der Waals surface area contributed by atoms with Crippen LogP contribution in [0.2, 0.25) is 0 Å². The minimum Gasteiger partial charge on any atom is -0.368 e. The molecule has 0 spiro atoms. The number of para-hydroxylation sites is 1. The zero-order chi connectivity index (χ0) is 19.8. The number of rotatable bonds is 4. The van der Waals surface area contributed by atoms with E-state index in [4.69, 9.17) is 0 Å². The molecule has 1 unspecified atom stereocenters. The van der Waals surface area contributed by atoms with Gasteiger partial charge in [-0.25, -0.2) is 0 Å². The van der Waals surface area contributed by atoms with E-state index in [9.17, 15) is 4.79 Å². The number of carbonyl (C=O) groups excluding carboxylic acids is 1. The molecule has 5 rings (SSSR count). The molecule has 1 saturated heterocycles. The Morgan fingerprint density at radius 1 is 1.00 bits per heavy atom. The summed E-state index contributed by atoms with van der Waals surface area (Å²) >= 11 is 1.82. The van der Waals surface area contributed by atoms with Crippen LogP contribution in [0.15, 0.2) is 53.9 Å². The van der Waals surface area contributed by atoms with Gasteiger partial charge < -0.3 is 9.80 Å². The van der Waals surface area contributed by atoms with Gasteiger partial charge in [0, 0.05) is 67.0 Å². The largest absolute Gasteiger partial charge is 0.368 e. The molecule has 0 bridgehead atoms. The van der Waals surface area contributed by atoms with Crippen LogP contribution in [0.3, 0.4) is 0 Å². The zero-order valence-electron chi connectivity index (χ0n) is 17.3. The summed E-state index contributed by atoms with van der Waals surface area (Å²) in [5.41, 5.74) is 3.83. The molecular weight excluding hydrogens is 414 g/mol. The molecule has 2 aromatic carbocycles. The maximum absolute atomic E-state index is 12.0. The van der Waals surface area contributed by atoms with E-state index < -0.39 is 0 Å². The van der Waals surface area contributed by atoms with E-state index in [0.717, 1.165) is 51.4 Å². The molecule has 0 radical (unpaired) electrons. The average Bonchev–Trinajstić information content (AvgIpc) is 3.37. The van der Waals surface area contributed by atoms with Crippen molar-refractivity contribution in [2.75, 3.05) is 49.1 Å². The summed E-state index contributed by atoms with van der Waals surface area (Å²) in [5.74, 6) is 0.601. The van der Waals surface area contributed by atoms with Crippen molar-refractivity contribution in [3.8, 4) is 0 Å². The first kappa shape index (κ1) is 21.2. The van der Waals surface area contributed by atoms with E-state index in [0.29, 0.717) is 5.92 Å². The van der Waals surface area contributed by atoms with Gasteiger partial charge in [0.2, 0.25) is 5.91 Å². The van der Waals surface area contributed by atoms with Crippen molar-refractivity contribution >= 4 is 51.1 Å². The van der Waals surface area contributed by atoms with Gasteiger partial charge in [0.25, 0.3) is 0 Å². The van der Waals surface area contributed by atoms with Gasteiger partial charge in [0.1, 0.15) is 0 Å². The average molecular weight is 442 g/mol. The summed E-state index contributed by atoms with van der Waals surface area (Å²) in [6.07, 6.45) is 1.11. The van der Waals surface area contributed by atoms with Crippen molar-refractivity contribution in [2.24, 2.45) is 0 Å². The van der Waals surface area contributed by atoms with Crippen molar-refractivity contribution in [1.82, 2.24) is 4.90 Å². The summed E-state index contributed by atoms with van der Waals surface area (Å²) < 4.78 is 1.37. The quantitative estimate of drug-likeness (QED) is 0.571. The minimum absolute atomic E-state index is 0. The first-order chi connectivity index (χ1) is 14.2. The second kappa shape index (κ2) is 8.96. The standard InChI is InChI=1S/C24H27N3OS.ClH/c1-18(28)27-17-19(20-5-2-3-6-23(20)27)9-11-25-12-14-26(15-13-25)22-7-4-8-24-21(22)10-16-29-24;/h2-8,10,16,19H,9,11-15,17H2,1H3;1H. The third kappa shape index (κ3) is 3.94. The zero-order valence-corrected chi connectivity index (χ0v) is 18.9. The van der Waals surface area contributed by atoms with E-state index in [2.05, 4.69) is 57.6 Å². The lowest BCUT2D eigenvalue weighted by Gasteiger charge is -2.36. The lowest BCUT2D eigenvalue weighted by atomic mass is 9.97. The fourth-order valence-corrected chi connectivity index (χ4v) is 5.65. The normalized spacial score (nSPS) is 19.0. The Bertz CT molecular complexity index is 1030. The Labute approximate surface area is 188 Å². The molecule has 2 aliphatic rings. The van der Waals surface area contributed by atoms with Crippen LogP contribution in [0, 0.1) is 0 Å². The Morgan fingerprint density at radius 3 is 2.57 bits per heavy atom. The van der Waals surface area contributed by atoms with Crippen LogP contribution in [-0.2, 0) is 4.79 Å². The van der Waals surface area contributed by atoms with Gasteiger partial charge in [0.15, 0.2) is 0 Å². The molecule has 4 nitrogen and oxygen atoms in total. The number of benzene rings is 2. The van der Waals surface area contributed by atoms with Gasteiger partial charge >= 0.3 is 0 Å². The number of halogens is 1. The van der Waals surface area contributed by atoms with Gasteiger partial charge in [-0.2, -0.15) is 0 Å². The van der Waals surface area contributed by atoms with Crippen LogP contribution in [0.25, 0.3) is 10.1 Å². The van der Waals surface area contributed by atoms with Crippen LogP contribution in [0.4, 0.5) is 11.4 Å². The van der Waals surface area contributed by atoms with E-state index in [1.54, 1.807) is 6.92 Å². The molecule has 0 saturated carbocycles. The molecule has 3 heterocycles. The number of hydrogen-bond acceptors (Lipinski definition) is 4. The SMILES string of the molecule is CC(=O)N1CC(CCN2CCN(c3cccc4sccc34)CC2)c2ccccc21.Cl. The number of nitrogens with zero attached hydrogens (tertiary/aromatic N) is 3. The Morgan fingerprint density at radius 2 is 1.77 bits per heavy atom. The molecule has 0 N–H and O–H groups in total. The van der Waals surface area contributed by atoms with E-state index in [-0.39, 0.29) is 18.3 Å². The van der Waals surface area contributed by atoms with Crippen LogP contribution >= 0.6 is 23.7 Å². The van der Waals surface area contributed by atoms with Gasteiger partial charge in [-0.05, 0) is 48.2 Å². The molecule has 1 fully saturated rings. The summed E-state index contributed by atoms with van der Waals surface area (Å²) in [6, 6.07) is 17.3. The summed E-state index contributed by atoms with van der Waals surface area (Å²) in [4.78, 5) is 19.1. The van der Waals surface area contributed by atoms with Crippen molar-refractivity contribution in [3.05, 3.63) is 59.5 Å². The molecular formula is C24H28ClN3OS. The molecule has 0 aliphatic carbocycles. The first-order valence-electron chi connectivity index (χ1n) is 10.5. The maximum Gasteiger partial charge on any atom is 0.223 e. The number of amides is 1. The van der Waals surface area contributed by atoms with Crippen molar-refractivity contribution < 1.29 is 4.79 Å². The monoisotopic (exact) mass is 441 g/mol. The Kier molecular flexibility index (Phi) is 6.32. The molecule has 30 heavy (non-hydrogen) atoms. The molecule has 1 amide bonds. The summed E-state index contributed by atoms with van der Waals surface area (Å²) in [5, 5.41) is 3.58. The second-order valence-electron chi connectivity index (χ2n) is 8.11. The van der Waals surface area contributed by atoms with E-state index in [1.807, 2.05) is 22.3 Å². The van der Waals surface area contributed by atoms with E-state index >= 15 is 0 Å². The third-order valence-electron chi connectivity index (χ3n) is 6.43. The lowest BCUT2D eigenvalue weighted by Crippen LogP contribution is -2.47. The van der Waals surface area contributed by atoms with Gasteiger partial charge in [-0.15, -0.1) is 23.7 Å². The van der Waals surface area contributed by atoms with E-state index in [1.165, 1.54) is 21.3 Å². The highest BCUT2D eigenvalue weighted by atomic mass is 35.5. The molecule has 3 aromatic rings. The number of thiophene rings is 1. The molecule has 1 atom stereocenters. The smallest absolute Gasteiger partial charge is 0.223 e. The molecule has 6 heteroatoms. The predicted octanol–water partition coefficient (Wildman–Crippen LogP) is 4.99. The summed E-state index contributed by atoms with van der Waals surface area (Å²) in [7, 11) is 0. The lowest BCUT2D eigenvalue weighted by molar-refractivity contribution is -0.116. The second-order valence-corrected chi connectivity index (χ2v) is 9.06. The number of hydrogen-bond donors (Lipinski definition) is 0. The maximum atomic E-state index is 12.0. The Hall–Kier alpha value is -2.08. The van der Waals surface area contributed by atoms with Gasteiger partial charge in [-0.3, -0.25) is 9.69 Å². The molecule has 158 valence electrons. The molecule has 1 aromatic heterocycles. The van der Waals surface area contributed by atoms with Crippen molar-refractivity contribution in [1.29, 1.82) is 0 Å². The van der Waals surface area contributed by atoms with Crippen LogP contribution in [0.5, 0.6) is 0 Å². The van der Waals surface area contributed by atoms with Crippen LogP contribution in [-0.4, -0.2) is 50.1 Å². The first-order valence-corrected chi connectivity index (χ1v) is 11.4. The fraction of sp³-hybridized carbons (Fsp3) is 0.375. The third-order valence-corrected chi connectivity index (χ3v) is 7.31. The summed E-state index contributed by atoms with van der Waals surface area (Å²) in [6.45, 7) is 7.96. The number of piperazine rings is 1. The number of anilines is 2. The predicted molar refractivity (Wildman–Crippen MR) is 130 cm³/mol. The van der Waals surface area contributed by atoms with Crippen LogP contribution < -0.4 is 9.80 Å². The number of carbonyl (C=O) groups is 1.